The van der Waals surface area contributed by atoms with Gasteiger partial charge >= 0.3 is 0 Å². The molecular formula is C16H24. The summed E-state index contributed by atoms with van der Waals surface area (Å²) in [4.78, 5) is 0. The van der Waals surface area contributed by atoms with Crippen LogP contribution in [0.1, 0.15) is 68.1 Å². The van der Waals surface area contributed by atoms with Crippen molar-refractivity contribution in [3.05, 3.63) is 34.9 Å². The van der Waals surface area contributed by atoms with Gasteiger partial charge < -0.3 is 0 Å². The number of aryl methyl sites for hydroxylation is 2. The van der Waals surface area contributed by atoms with Crippen LogP contribution in [0, 0.1) is 6.92 Å². The second-order valence-corrected chi connectivity index (χ2v) is 5.23. The van der Waals surface area contributed by atoms with Crippen molar-refractivity contribution in [3.8, 4) is 0 Å². The van der Waals surface area contributed by atoms with Crippen LogP contribution >= 0.6 is 0 Å². The van der Waals surface area contributed by atoms with Gasteiger partial charge in [0.05, 0.1) is 0 Å². The summed E-state index contributed by atoms with van der Waals surface area (Å²) < 4.78 is 0. The molecule has 0 spiro atoms. The van der Waals surface area contributed by atoms with Crippen LogP contribution in [-0.4, -0.2) is 0 Å². The van der Waals surface area contributed by atoms with Gasteiger partial charge in [-0.3, -0.25) is 0 Å². The summed E-state index contributed by atoms with van der Waals surface area (Å²) in [7, 11) is 0. The lowest BCUT2D eigenvalue weighted by Gasteiger charge is -2.26. The molecule has 88 valence electrons. The largest absolute Gasteiger partial charge is 0.0651 e. The molecule has 1 aliphatic carbocycles. The number of hydrogen-bond acceptors (Lipinski definition) is 0. The van der Waals surface area contributed by atoms with Gasteiger partial charge in [0.2, 0.25) is 0 Å². The van der Waals surface area contributed by atoms with Gasteiger partial charge in [-0.05, 0) is 48.8 Å². The Morgan fingerprint density at radius 2 is 1.88 bits per heavy atom. The molecule has 0 aliphatic heterocycles. The predicted molar refractivity (Wildman–Crippen MR) is 71.0 cm³/mol. The molecule has 0 N–H and O–H groups in total. The molecule has 16 heavy (non-hydrogen) atoms. The standard InChI is InChI=1S/C16H24/c1-3-8-14-12-7-9-13(2)16(14)15-10-5-4-6-11-15/h7,9,12,15H,3-6,8,10-11H2,1-2H3. The van der Waals surface area contributed by atoms with Crippen LogP contribution in [-0.2, 0) is 6.42 Å². The van der Waals surface area contributed by atoms with Crippen LogP contribution in [0.5, 0.6) is 0 Å². The summed E-state index contributed by atoms with van der Waals surface area (Å²) in [6.07, 6.45) is 9.68. The summed E-state index contributed by atoms with van der Waals surface area (Å²) in [5, 5.41) is 0. The highest BCUT2D eigenvalue weighted by molar-refractivity contribution is 5.37. The molecule has 1 aromatic rings. The first-order chi connectivity index (χ1) is 7.83. The molecule has 0 saturated heterocycles. The quantitative estimate of drug-likeness (QED) is 0.667. The maximum absolute atomic E-state index is 2.35. The first-order valence-corrected chi connectivity index (χ1v) is 6.91. The fourth-order valence-corrected chi connectivity index (χ4v) is 3.20. The second-order valence-electron chi connectivity index (χ2n) is 5.23. The Bertz CT molecular complexity index is 332. The molecule has 0 radical (unpaired) electrons. The normalized spacial score (nSPS) is 17.6. The van der Waals surface area contributed by atoms with Crippen molar-refractivity contribution in [2.45, 2.75) is 64.7 Å². The lowest BCUT2D eigenvalue weighted by molar-refractivity contribution is 0.440. The molecule has 1 aromatic carbocycles. The van der Waals surface area contributed by atoms with Crippen molar-refractivity contribution in [3.63, 3.8) is 0 Å². The van der Waals surface area contributed by atoms with Crippen LogP contribution in [0.3, 0.4) is 0 Å². The molecule has 1 saturated carbocycles. The first-order valence-electron chi connectivity index (χ1n) is 6.91. The maximum Gasteiger partial charge on any atom is -0.0157 e. The summed E-state index contributed by atoms with van der Waals surface area (Å²) >= 11 is 0. The highest BCUT2D eigenvalue weighted by Crippen LogP contribution is 2.36. The monoisotopic (exact) mass is 216 g/mol. The van der Waals surface area contributed by atoms with Gasteiger partial charge in [-0.2, -0.15) is 0 Å². The van der Waals surface area contributed by atoms with E-state index in [1.54, 1.807) is 11.1 Å². The zero-order valence-electron chi connectivity index (χ0n) is 10.8. The van der Waals surface area contributed by atoms with E-state index in [-0.39, 0.29) is 0 Å². The Labute approximate surface area is 100 Å². The van der Waals surface area contributed by atoms with Crippen LogP contribution < -0.4 is 0 Å². The Balaban J connectivity index is 2.28. The van der Waals surface area contributed by atoms with E-state index in [0.29, 0.717) is 0 Å². The molecule has 1 fully saturated rings. The zero-order valence-corrected chi connectivity index (χ0v) is 10.8. The molecule has 0 unspecified atom stereocenters. The van der Waals surface area contributed by atoms with Crippen LogP contribution in [0.15, 0.2) is 18.2 Å². The Morgan fingerprint density at radius 1 is 1.12 bits per heavy atom. The van der Waals surface area contributed by atoms with E-state index in [2.05, 4.69) is 32.0 Å². The van der Waals surface area contributed by atoms with Crippen LogP contribution in [0.2, 0.25) is 0 Å². The van der Waals surface area contributed by atoms with Gasteiger partial charge in [-0.25, -0.2) is 0 Å². The molecule has 0 heteroatoms. The molecule has 0 nitrogen and oxygen atoms in total. The highest BCUT2D eigenvalue weighted by Gasteiger charge is 2.19. The third-order valence-electron chi connectivity index (χ3n) is 3.95. The van der Waals surface area contributed by atoms with Crippen molar-refractivity contribution < 1.29 is 0 Å². The molecule has 1 aliphatic rings. The Morgan fingerprint density at radius 3 is 2.56 bits per heavy atom. The van der Waals surface area contributed by atoms with Crippen LogP contribution in [0.4, 0.5) is 0 Å². The van der Waals surface area contributed by atoms with Gasteiger partial charge in [-0.15, -0.1) is 0 Å². The third-order valence-corrected chi connectivity index (χ3v) is 3.95. The minimum Gasteiger partial charge on any atom is -0.0651 e. The van der Waals surface area contributed by atoms with Gasteiger partial charge in [0, 0.05) is 0 Å². The minimum absolute atomic E-state index is 0.858. The van der Waals surface area contributed by atoms with Gasteiger partial charge in [0.15, 0.2) is 0 Å². The van der Waals surface area contributed by atoms with E-state index in [4.69, 9.17) is 0 Å². The zero-order chi connectivity index (χ0) is 11.4. The highest BCUT2D eigenvalue weighted by atomic mass is 14.2. The average Bonchev–Trinajstić information content (AvgIpc) is 2.31. The smallest absolute Gasteiger partial charge is 0.0157 e. The Hall–Kier alpha value is -0.780. The Kier molecular flexibility index (Phi) is 4.04. The van der Waals surface area contributed by atoms with E-state index in [1.165, 1.54) is 50.5 Å². The topological polar surface area (TPSA) is 0 Å². The van der Waals surface area contributed by atoms with E-state index in [0.717, 1.165) is 5.92 Å². The van der Waals surface area contributed by atoms with Gasteiger partial charge in [0.25, 0.3) is 0 Å². The minimum atomic E-state index is 0.858. The van der Waals surface area contributed by atoms with Gasteiger partial charge in [0.1, 0.15) is 0 Å². The molecule has 2 rings (SSSR count). The summed E-state index contributed by atoms with van der Waals surface area (Å²) in [6, 6.07) is 6.87. The summed E-state index contributed by atoms with van der Waals surface area (Å²) in [5.74, 6) is 0.858. The van der Waals surface area contributed by atoms with Crippen molar-refractivity contribution >= 4 is 0 Å². The van der Waals surface area contributed by atoms with Crippen molar-refractivity contribution in [1.29, 1.82) is 0 Å². The number of benzene rings is 1. The van der Waals surface area contributed by atoms with Crippen LogP contribution in [0.25, 0.3) is 0 Å². The fourth-order valence-electron chi connectivity index (χ4n) is 3.20. The lowest BCUT2D eigenvalue weighted by atomic mass is 9.79. The molecule has 0 heterocycles. The summed E-state index contributed by atoms with van der Waals surface area (Å²) in [6.45, 7) is 4.58. The van der Waals surface area contributed by atoms with E-state index < -0.39 is 0 Å². The SMILES string of the molecule is CCCc1cccc(C)c1C1CCCCC1. The number of hydrogen-bond donors (Lipinski definition) is 0. The fraction of sp³-hybridized carbons (Fsp3) is 0.625. The number of rotatable bonds is 3. The summed E-state index contributed by atoms with van der Waals surface area (Å²) in [5.41, 5.74) is 4.84. The van der Waals surface area contributed by atoms with E-state index >= 15 is 0 Å². The second kappa shape index (κ2) is 5.52. The van der Waals surface area contributed by atoms with E-state index in [1.807, 2.05) is 0 Å². The lowest BCUT2D eigenvalue weighted by Crippen LogP contribution is -2.09. The molecule has 0 amide bonds. The predicted octanol–water partition coefficient (Wildman–Crippen LogP) is 5.00. The molecule has 0 atom stereocenters. The molecule has 0 bridgehead atoms. The molecule has 0 aromatic heterocycles. The van der Waals surface area contributed by atoms with Gasteiger partial charge in [-0.1, -0.05) is 50.8 Å². The van der Waals surface area contributed by atoms with Crippen molar-refractivity contribution in [2.24, 2.45) is 0 Å². The molecular weight excluding hydrogens is 192 g/mol. The maximum atomic E-state index is 2.35. The third kappa shape index (κ3) is 2.48. The van der Waals surface area contributed by atoms with Crippen molar-refractivity contribution in [1.82, 2.24) is 0 Å². The van der Waals surface area contributed by atoms with Crippen molar-refractivity contribution in [2.75, 3.05) is 0 Å². The average molecular weight is 216 g/mol. The van der Waals surface area contributed by atoms with E-state index in [9.17, 15) is 0 Å². The first kappa shape index (κ1) is 11.7.